The molecule has 0 heterocycles. The first-order chi connectivity index (χ1) is 10.3. The lowest BCUT2D eigenvalue weighted by Crippen LogP contribution is -2.15. The maximum absolute atomic E-state index is 9.33. The Morgan fingerprint density at radius 2 is 2.00 bits per heavy atom. The molecule has 0 spiro atoms. The zero-order chi connectivity index (χ0) is 14.7. The first kappa shape index (κ1) is 14.4. The van der Waals surface area contributed by atoms with Crippen molar-refractivity contribution in [2.24, 2.45) is 0 Å². The fourth-order valence-corrected chi connectivity index (χ4v) is 2.56. The number of ether oxygens (including phenoxy) is 1. The molecule has 0 bridgehead atoms. The molecule has 2 aromatic rings. The Morgan fingerprint density at radius 3 is 2.71 bits per heavy atom. The summed E-state index contributed by atoms with van der Waals surface area (Å²) in [6, 6.07) is 16.5. The van der Waals surface area contributed by atoms with Crippen LogP contribution in [0.5, 0.6) is 11.5 Å². The van der Waals surface area contributed by atoms with E-state index in [1.807, 2.05) is 42.5 Å². The van der Waals surface area contributed by atoms with Crippen molar-refractivity contribution in [2.75, 3.05) is 0 Å². The molecule has 1 aliphatic carbocycles. The van der Waals surface area contributed by atoms with Crippen molar-refractivity contribution in [2.45, 2.75) is 25.4 Å². The van der Waals surface area contributed by atoms with Gasteiger partial charge in [0.05, 0.1) is 9.13 Å². The van der Waals surface area contributed by atoms with E-state index < -0.39 is 0 Å². The molecule has 1 aliphatic rings. The van der Waals surface area contributed by atoms with Crippen molar-refractivity contribution in [1.29, 1.82) is 5.26 Å². The van der Waals surface area contributed by atoms with Crippen LogP contribution in [0.4, 0.5) is 0 Å². The Kier molecular flexibility index (Phi) is 4.42. The van der Waals surface area contributed by atoms with Crippen LogP contribution in [-0.4, -0.2) is 6.04 Å². The second-order valence-electron chi connectivity index (χ2n) is 5.13. The fraction of sp³-hybridized carbons (Fsp3) is 0.235. The Labute approximate surface area is 138 Å². The van der Waals surface area contributed by atoms with Gasteiger partial charge >= 0.3 is 0 Å². The van der Waals surface area contributed by atoms with Gasteiger partial charge in [0.1, 0.15) is 17.6 Å². The van der Waals surface area contributed by atoms with Gasteiger partial charge in [-0.3, -0.25) is 0 Å². The van der Waals surface area contributed by atoms with Gasteiger partial charge in [0.2, 0.25) is 0 Å². The number of benzene rings is 2. The third-order valence-corrected chi connectivity index (χ3v) is 4.28. The molecule has 0 unspecified atom stereocenters. The second kappa shape index (κ2) is 6.46. The van der Waals surface area contributed by atoms with E-state index in [0.717, 1.165) is 21.4 Å². The Morgan fingerprint density at radius 1 is 1.19 bits per heavy atom. The van der Waals surface area contributed by atoms with Crippen LogP contribution >= 0.6 is 22.6 Å². The molecule has 106 valence electrons. The lowest BCUT2D eigenvalue weighted by atomic mass is 10.1. The fourth-order valence-electron chi connectivity index (χ4n) is 2.06. The van der Waals surface area contributed by atoms with E-state index in [9.17, 15) is 5.26 Å². The third-order valence-electron chi connectivity index (χ3n) is 3.39. The summed E-state index contributed by atoms with van der Waals surface area (Å²) in [6.07, 6.45) is 2.53. The summed E-state index contributed by atoms with van der Waals surface area (Å²) in [5.74, 6) is 1.38. The number of nitrogens with zero attached hydrogens (tertiary/aromatic N) is 1. The van der Waals surface area contributed by atoms with Crippen LogP contribution < -0.4 is 10.1 Å². The molecule has 0 aliphatic heterocycles. The van der Waals surface area contributed by atoms with E-state index >= 15 is 0 Å². The lowest BCUT2D eigenvalue weighted by molar-refractivity contribution is 0.477. The van der Waals surface area contributed by atoms with E-state index in [1.54, 1.807) is 0 Å². The van der Waals surface area contributed by atoms with Gasteiger partial charge in [-0.2, -0.15) is 5.26 Å². The highest BCUT2D eigenvalue weighted by Gasteiger charge is 2.20. The van der Waals surface area contributed by atoms with Crippen molar-refractivity contribution >= 4 is 22.6 Å². The molecule has 1 N–H and O–H groups in total. The van der Waals surface area contributed by atoms with Gasteiger partial charge in [0, 0.05) is 12.6 Å². The standard InChI is InChI=1S/C17H15IN2O/c18-15-3-1-2-4-17(15)21-16-8-5-12(9-13(16)10-19)11-20-14-6-7-14/h1-5,8-9,14,20H,6-7,11H2. The van der Waals surface area contributed by atoms with E-state index in [4.69, 9.17) is 4.74 Å². The quantitative estimate of drug-likeness (QED) is 0.779. The average Bonchev–Trinajstić information content (AvgIpc) is 3.32. The summed E-state index contributed by atoms with van der Waals surface area (Å²) in [7, 11) is 0. The van der Waals surface area contributed by atoms with Crippen LogP contribution in [-0.2, 0) is 6.54 Å². The van der Waals surface area contributed by atoms with E-state index in [1.165, 1.54) is 12.8 Å². The van der Waals surface area contributed by atoms with Crippen molar-refractivity contribution in [3.63, 3.8) is 0 Å². The van der Waals surface area contributed by atoms with Crippen LogP contribution in [0.25, 0.3) is 0 Å². The number of hydrogen-bond donors (Lipinski definition) is 1. The summed E-state index contributed by atoms with van der Waals surface area (Å²) in [6.45, 7) is 0.808. The van der Waals surface area contributed by atoms with Gasteiger partial charge in [-0.05, 0) is 65.3 Å². The minimum absolute atomic E-state index is 0.574. The molecule has 21 heavy (non-hydrogen) atoms. The van der Waals surface area contributed by atoms with Crippen molar-refractivity contribution in [3.05, 3.63) is 57.2 Å². The summed E-state index contributed by atoms with van der Waals surface area (Å²) in [5.41, 5.74) is 1.69. The zero-order valence-electron chi connectivity index (χ0n) is 11.5. The summed E-state index contributed by atoms with van der Waals surface area (Å²) < 4.78 is 6.90. The van der Waals surface area contributed by atoms with Gasteiger partial charge in [-0.25, -0.2) is 0 Å². The summed E-state index contributed by atoms with van der Waals surface area (Å²) in [5, 5.41) is 12.8. The predicted octanol–water partition coefficient (Wildman–Crippen LogP) is 4.21. The van der Waals surface area contributed by atoms with Crippen LogP contribution in [0.1, 0.15) is 24.0 Å². The number of hydrogen-bond acceptors (Lipinski definition) is 3. The predicted molar refractivity (Wildman–Crippen MR) is 90.3 cm³/mol. The van der Waals surface area contributed by atoms with E-state index in [-0.39, 0.29) is 0 Å². The molecule has 0 amide bonds. The van der Waals surface area contributed by atoms with Gasteiger partial charge < -0.3 is 10.1 Å². The van der Waals surface area contributed by atoms with Crippen LogP contribution in [0.2, 0.25) is 0 Å². The molecule has 0 saturated heterocycles. The topological polar surface area (TPSA) is 45.0 Å². The first-order valence-electron chi connectivity index (χ1n) is 6.95. The first-order valence-corrected chi connectivity index (χ1v) is 8.03. The maximum atomic E-state index is 9.33. The molecule has 4 heteroatoms. The highest BCUT2D eigenvalue weighted by Crippen LogP contribution is 2.29. The number of nitrogens with one attached hydrogen (secondary N) is 1. The average molecular weight is 390 g/mol. The largest absolute Gasteiger partial charge is 0.455 e. The summed E-state index contributed by atoms with van der Waals surface area (Å²) >= 11 is 2.23. The van der Waals surface area contributed by atoms with Crippen LogP contribution in [0.3, 0.4) is 0 Å². The molecule has 0 radical (unpaired) electrons. The molecule has 3 rings (SSSR count). The van der Waals surface area contributed by atoms with E-state index in [0.29, 0.717) is 17.4 Å². The molecule has 1 fully saturated rings. The molecule has 3 nitrogen and oxygen atoms in total. The van der Waals surface area contributed by atoms with Crippen molar-refractivity contribution in [3.8, 4) is 17.6 Å². The number of rotatable bonds is 5. The molecular weight excluding hydrogens is 375 g/mol. The highest BCUT2D eigenvalue weighted by atomic mass is 127. The van der Waals surface area contributed by atoms with E-state index in [2.05, 4.69) is 34.0 Å². The smallest absolute Gasteiger partial charge is 0.145 e. The summed E-state index contributed by atoms with van der Waals surface area (Å²) in [4.78, 5) is 0. The molecule has 0 aromatic heterocycles. The molecular formula is C17H15IN2O. The maximum Gasteiger partial charge on any atom is 0.145 e. The van der Waals surface area contributed by atoms with Gasteiger partial charge in [-0.15, -0.1) is 0 Å². The highest BCUT2D eigenvalue weighted by molar-refractivity contribution is 14.1. The van der Waals surface area contributed by atoms with Gasteiger partial charge in [0.25, 0.3) is 0 Å². The van der Waals surface area contributed by atoms with Gasteiger partial charge in [-0.1, -0.05) is 18.2 Å². The molecule has 1 saturated carbocycles. The van der Waals surface area contributed by atoms with Gasteiger partial charge in [0.15, 0.2) is 0 Å². The van der Waals surface area contributed by atoms with Crippen molar-refractivity contribution in [1.82, 2.24) is 5.32 Å². The number of nitriles is 1. The Balaban J connectivity index is 1.78. The normalized spacial score (nSPS) is 13.7. The Hall–Kier alpha value is -1.58. The molecule has 0 atom stereocenters. The van der Waals surface area contributed by atoms with Crippen molar-refractivity contribution < 1.29 is 4.74 Å². The Bertz CT molecular complexity index is 689. The third kappa shape index (κ3) is 3.74. The number of halogens is 1. The zero-order valence-corrected chi connectivity index (χ0v) is 13.6. The SMILES string of the molecule is N#Cc1cc(CNC2CC2)ccc1Oc1ccccc1I. The monoisotopic (exact) mass is 390 g/mol. The minimum atomic E-state index is 0.574. The van der Waals surface area contributed by atoms with Crippen LogP contribution in [0.15, 0.2) is 42.5 Å². The van der Waals surface area contributed by atoms with Crippen LogP contribution in [0, 0.1) is 14.9 Å². The lowest BCUT2D eigenvalue weighted by Gasteiger charge is -2.10. The second-order valence-corrected chi connectivity index (χ2v) is 6.29. The number of para-hydroxylation sites is 1. The molecule has 2 aromatic carbocycles. The minimum Gasteiger partial charge on any atom is -0.455 e.